The summed E-state index contributed by atoms with van der Waals surface area (Å²) < 4.78 is 0.937. The summed E-state index contributed by atoms with van der Waals surface area (Å²) in [7, 11) is 0. The number of pyridine rings is 2. The van der Waals surface area contributed by atoms with Gasteiger partial charge in [0, 0.05) is 41.4 Å². The van der Waals surface area contributed by atoms with Gasteiger partial charge in [-0.05, 0) is 28.1 Å². The molecule has 3 aromatic rings. The first kappa shape index (κ1) is 12.5. The molecule has 19 heavy (non-hydrogen) atoms. The molecule has 0 aliphatic rings. The van der Waals surface area contributed by atoms with E-state index in [0.29, 0.717) is 0 Å². The number of hydrogen-bond donors (Lipinski definition) is 1. The van der Waals surface area contributed by atoms with E-state index in [1.54, 1.807) is 23.7 Å². The average molecular weight is 335 g/mol. The molecule has 4 nitrogen and oxygen atoms in total. The van der Waals surface area contributed by atoms with Crippen LogP contribution in [-0.2, 0) is 6.42 Å². The van der Waals surface area contributed by atoms with Crippen LogP contribution in [0.5, 0.6) is 0 Å². The van der Waals surface area contributed by atoms with Crippen LogP contribution in [0.2, 0.25) is 0 Å². The Labute approximate surface area is 123 Å². The lowest BCUT2D eigenvalue weighted by atomic mass is 10.3. The molecule has 0 amide bonds. The van der Waals surface area contributed by atoms with Crippen LogP contribution in [0.3, 0.4) is 0 Å². The third-order valence-electron chi connectivity index (χ3n) is 2.68. The van der Waals surface area contributed by atoms with Crippen molar-refractivity contribution in [1.29, 1.82) is 0 Å². The van der Waals surface area contributed by atoms with Crippen molar-refractivity contribution in [3.8, 4) is 0 Å². The van der Waals surface area contributed by atoms with E-state index in [0.717, 1.165) is 39.2 Å². The molecule has 0 unspecified atom stereocenters. The second kappa shape index (κ2) is 5.63. The molecule has 6 heteroatoms. The smallest absolute Gasteiger partial charge is 0.112 e. The van der Waals surface area contributed by atoms with Gasteiger partial charge in [-0.1, -0.05) is 0 Å². The molecular formula is C13H11BrN4S. The minimum atomic E-state index is 0.838. The first-order valence-electron chi connectivity index (χ1n) is 5.85. The summed E-state index contributed by atoms with van der Waals surface area (Å²) in [5, 5.41) is 6.53. The monoisotopic (exact) mass is 334 g/mol. The van der Waals surface area contributed by atoms with Gasteiger partial charge in [0.25, 0.3) is 0 Å². The van der Waals surface area contributed by atoms with Crippen molar-refractivity contribution >= 4 is 44.0 Å². The minimum Gasteiger partial charge on any atom is -0.383 e. The summed E-state index contributed by atoms with van der Waals surface area (Å²) in [5.41, 5.74) is 2.78. The summed E-state index contributed by atoms with van der Waals surface area (Å²) >= 11 is 5.08. The van der Waals surface area contributed by atoms with Crippen LogP contribution in [0.1, 0.15) is 5.01 Å². The molecule has 1 N–H and O–H groups in total. The number of anilines is 1. The summed E-state index contributed by atoms with van der Waals surface area (Å²) in [6.07, 6.45) is 6.33. The second-order valence-corrected chi connectivity index (χ2v) is 5.88. The second-order valence-electron chi connectivity index (χ2n) is 3.98. The van der Waals surface area contributed by atoms with E-state index in [9.17, 15) is 0 Å². The van der Waals surface area contributed by atoms with Crippen molar-refractivity contribution in [2.45, 2.75) is 6.42 Å². The maximum atomic E-state index is 4.41. The molecule has 3 heterocycles. The van der Waals surface area contributed by atoms with Crippen LogP contribution in [-0.4, -0.2) is 21.5 Å². The van der Waals surface area contributed by atoms with Crippen LogP contribution in [0.25, 0.3) is 11.0 Å². The van der Waals surface area contributed by atoms with Crippen molar-refractivity contribution in [2.24, 2.45) is 0 Å². The van der Waals surface area contributed by atoms with E-state index in [2.05, 4.69) is 36.2 Å². The number of halogens is 1. The first-order chi connectivity index (χ1) is 9.33. The zero-order valence-corrected chi connectivity index (χ0v) is 12.4. The van der Waals surface area contributed by atoms with Crippen LogP contribution in [0.15, 0.2) is 40.6 Å². The number of aromatic nitrogens is 3. The van der Waals surface area contributed by atoms with E-state index in [1.165, 1.54) is 0 Å². The average Bonchev–Trinajstić information content (AvgIpc) is 2.92. The van der Waals surface area contributed by atoms with Crippen molar-refractivity contribution in [3.63, 3.8) is 0 Å². The Hall–Kier alpha value is -1.53. The highest BCUT2D eigenvalue weighted by atomic mass is 79.9. The van der Waals surface area contributed by atoms with Crippen molar-refractivity contribution in [3.05, 3.63) is 45.6 Å². The molecule has 0 atom stereocenters. The van der Waals surface area contributed by atoms with Crippen LogP contribution < -0.4 is 5.32 Å². The maximum Gasteiger partial charge on any atom is 0.112 e. The van der Waals surface area contributed by atoms with Crippen molar-refractivity contribution in [2.75, 3.05) is 11.9 Å². The number of thiazole rings is 1. The Bertz CT molecular complexity index is 684. The molecular weight excluding hydrogens is 324 g/mol. The molecule has 0 spiro atoms. The van der Waals surface area contributed by atoms with Crippen molar-refractivity contribution < 1.29 is 0 Å². The Morgan fingerprint density at radius 1 is 1.21 bits per heavy atom. The number of nitrogens with one attached hydrogen (secondary N) is 1. The molecule has 0 aliphatic carbocycles. The number of nitrogens with zero attached hydrogens (tertiary/aromatic N) is 3. The first-order valence-corrected chi connectivity index (χ1v) is 7.53. The summed E-state index contributed by atoms with van der Waals surface area (Å²) in [4.78, 5) is 13.0. The van der Waals surface area contributed by atoms with Gasteiger partial charge in [-0.3, -0.25) is 9.97 Å². The molecule has 3 aromatic heterocycles. The summed E-state index contributed by atoms with van der Waals surface area (Å²) in [6, 6.07) is 3.92. The fourth-order valence-corrected chi connectivity index (χ4v) is 2.77. The van der Waals surface area contributed by atoms with Gasteiger partial charge in [-0.25, -0.2) is 4.98 Å². The van der Waals surface area contributed by atoms with E-state index in [-0.39, 0.29) is 0 Å². The molecule has 0 bridgehead atoms. The number of hydrogen-bond acceptors (Lipinski definition) is 5. The molecule has 0 aliphatic heterocycles. The van der Waals surface area contributed by atoms with Gasteiger partial charge in [-0.15, -0.1) is 11.3 Å². The van der Waals surface area contributed by atoms with Crippen LogP contribution >= 0.6 is 27.3 Å². The Balaban J connectivity index is 1.77. The lowest BCUT2D eigenvalue weighted by molar-refractivity contribution is 0.998. The largest absolute Gasteiger partial charge is 0.383 e. The van der Waals surface area contributed by atoms with Crippen LogP contribution in [0, 0.1) is 0 Å². The predicted molar refractivity (Wildman–Crippen MR) is 81.5 cm³/mol. The van der Waals surface area contributed by atoms with Gasteiger partial charge in [0.05, 0.1) is 16.2 Å². The van der Waals surface area contributed by atoms with Gasteiger partial charge < -0.3 is 5.32 Å². The Morgan fingerprint density at radius 3 is 3.00 bits per heavy atom. The standard InChI is InChI=1S/C13H11BrN4S/c14-9-7-11-13(18-8-9)10(1-3-16-11)15-4-2-12-17-5-6-19-12/h1,3,5-8H,2,4H2,(H,15,16). The Kier molecular flexibility index (Phi) is 3.70. The van der Waals surface area contributed by atoms with Gasteiger partial charge >= 0.3 is 0 Å². The maximum absolute atomic E-state index is 4.41. The normalized spacial score (nSPS) is 10.8. The lowest BCUT2D eigenvalue weighted by Crippen LogP contribution is -2.05. The molecule has 0 fully saturated rings. The zero-order valence-electron chi connectivity index (χ0n) is 10.0. The number of rotatable bonds is 4. The minimum absolute atomic E-state index is 0.838. The van der Waals surface area contributed by atoms with E-state index < -0.39 is 0 Å². The predicted octanol–water partition coefficient (Wildman–Crippen LogP) is 3.50. The van der Waals surface area contributed by atoms with Gasteiger partial charge in [-0.2, -0.15) is 0 Å². The fraction of sp³-hybridized carbons (Fsp3) is 0.154. The molecule has 3 rings (SSSR count). The zero-order chi connectivity index (χ0) is 13.1. The van der Waals surface area contributed by atoms with Gasteiger partial charge in [0.2, 0.25) is 0 Å². The highest BCUT2D eigenvalue weighted by Gasteiger charge is 2.04. The molecule has 96 valence electrons. The SMILES string of the molecule is Brc1cnc2c(NCCc3nccs3)ccnc2c1. The van der Waals surface area contributed by atoms with Crippen molar-refractivity contribution in [1.82, 2.24) is 15.0 Å². The topological polar surface area (TPSA) is 50.7 Å². The third-order valence-corrected chi connectivity index (χ3v) is 3.96. The molecule has 0 saturated carbocycles. The van der Waals surface area contributed by atoms with E-state index >= 15 is 0 Å². The van der Waals surface area contributed by atoms with E-state index in [1.807, 2.05) is 23.7 Å². The lowest BCUT2D eigenvalue weighted by Gasteiger charge is -2.07. The molecule has 0 radical (unpaired) electrons. The van der Waals surface area contributed by atoms with Gasteiger partial charge in [0.15, 0.2) is 0 Å². The quantitative estimate of drug-likeness (QED) is 0.793. The van der Waals surface area contributed by atoms with Gasteiger partial charge in [0.1, 0.15) is 5.52 Å². The third kappa shape index (κ3) is 2.90. The molecule has 0 aromatic carbocycles. The number of fused-ring (bicyclic) bond motifs is 1. The highest BCUT2D eigenvalue weighted by Crippen LogP contribution is 2.21. The Morgan fingerprint density at radius 2 is 2.16 bits per heavy atom. The fourth-order valence-electron chi connectivity index (χ4n) is 1.83. The van der Waals surface area contributed by atoms with Crippen LogP contribution in [0.4, 0.5) is 5.69 Å². The molecule has 0 saturated heterocycles. The summed E-state index contributed by atoms with van der Waals surface area (Å²) in [5.74, 6) is 0. The van der Waals surface area contributed by atoms with E-state index in [4.69, 9.17) is 0 Å². The highest BCUT2D eigenvalue weighted by molar-refractivity contribution is 9.10. The summed E-state index contributed by atoms with van der Waals surface area (Å²) in [6.45, 7) is 0.838.